The maximum Gasteiger partial charge on any atom is 0.244 e. The Morgan fingerprint density at radius 1 is 1.42 bits per heavy atom. The zero-order valence-corrected chi connectivity index (χ0v) is 14.1. The smallest absolute Gasteiger partial charge is 0.207 e. The average Bonchev–Trinajstić information content (AvgIpc) is 2.71. The fraction of sp³-hybridized carbons (Fsp3) is 0.538. The molecule has 0 bridgehead atoms. The van der Waals surface area contributed by atoms with Crippen LogP contribution in [-0.4, -0.2) is 25.8 Å². The van der Waals surface area contributed by atoms with Crippen LogP contribution in [0.2, 0.25) is 0 Å². The Kier molecular flexibility index (Phi) is 4.31. The lowest BCUT2D eigenvalue weighted by Crippen LogP contribution is -2.30. The van der Waals surface area contributed by atoms with Gasteiger partial charge in [-0.15, -0.1) is 11.6 Å². The van der Waals surface area contributed by atoms with Crippen molar-refractivity contribution in [2.24, 2.45) is 5.41 Å². The molecular formula is C13H17BrClNO2S. The van der Waals surface area contributed by atoms with Crippen molar-refractivity contribution in [3.05, 3.63) is 28.2 Å². The predicted octanol–water partition coefficient (Wildman–Crippen LogP) is 3.61. The van der Waals surface area contributed by atoms with Gasteiger partial charge in [-0.2, -0.15) is 4.31 Å². The van der Waals surface area contributed by atoms with E-state index in [0.717, 1.165) is 12.0 Å². The highest BCUT2D eigenvalue weighted by atomic mass is 79.9. The predicted molar refractivity (Wildman–Crippen MR) is 80.9 cm³/mol. The fourth-order valence-corrected chi connectivity index (χ4v) is 5.01. The molecule has 19 heavy (non-hydrogen) atoms. The van der Waals surface area contributed by atoms with Gasteiger partial charge in [0.05, 0.1) is 4.90 Å². The summed E-state index contributed by atoms with van der Waals surface area (Å²) < 4.78 is 27.5. The zero-order chi connectivity index (χ0) is 14.3. The van der Waals surface area contributed by atoms with E-state index >= 15 is 0 Å². The van der Waals surface area contributed by atoms with Gasteiger partial charge in [0.15, 0.2) is 0 Å². The van der Waals surface area contributed by atoms with Crippen LogP contribution in [-0.2, 0) is 15.9 Å². The summed E-state index contributed by atoms with van der Waals surface area (Å²) in [4.78, 5) is 0.309. The second-order valence-electron chi connectivity index (χ2n) is 5.65. The topological polar surface area (TPSA) is 37.4 Å². The van der Waals surface area contributed by atoms with Crippen molar-refractivity contribution < 1.29 is 8.42 Å². The Hall–Kier alpha value is -0.100. The summed E-state index contributed by atoms with van der Waals surface area (Å²) in [5, 5.41) is 0. The molecule has 2 rings (SSSR count). The molecule has 0 aliphatic carbocycles. The summed E-state index contributed by atoms with van der Waals surface area (Å²) >= 11 is 9.10. The highest BCUT2D eigenvalue weighted by molar-refractivity contribution is 9.10. The largest absolute Gasteiger partial charge is 0.244 e. The fourth-order valence-electron chi connectivity index (χ4n) is 2.24. The van der Waals surface area contributed by atoms with Gasteiger partial charge in [0.1, 0.15) is 0 Å². The number of hydrogen-bond donors (Lipinski definition) is 0. The van der Waals surface area contributed by atoms with Crippen LogP contribution < -0.4 is 0 Å². The molecule has 1 aromatic rings. The minimum atomic E-state index is -3.45. The number of halogens is 2. The maximum atomic E-state index is 12.7. The first-order valence-electron chi connectivity index (χ1n) is 6.11. The number of hydrogen-bond acceptors (Lipinski definition) is 2. The Bertz CT molecular complexity index is 586. The number of rotatable bonds is 3. The van der Waals surface area contributed by atoms with Gasteiger partial charge in [-0.05, 0) is 45.5 Å². The summed E-state index contributed by atoms with van der Waals surface area (Å²) in [6, 6.07) is 5.22. The standard InChI is InChI=1S/C13H17BrClNO2S/c1-13(2)5-6-16(9-13)19(17,18)12-7-10(8-15)3-4-11(12)14/h3-4,7H,5-6,8-9H2,1-2H3. The SMILES string of the molecule is CC1(C)CCN(S(=O)(=O)c2cc(CCl)ccc2Br)C1. The molecule has 1 heterocycles. The van der Waals surface area contributed by atoms with E-state index in [0.29, 0.717) is 28.3 Å². The first-order valence-corrected chi connectivity index (χ1v) is 8.88. The van der Waals surface area contributed by atoms with Crippen molar-refractivity contribution in [2.75, 3.05) is 13.1 Å². The van der Waals surface area contributed by atoms with E-state index in [9.17, 15) is 8.42 Å². The molecule has 0 spiro atoms. The quantitative estimate of drug-likeness (QED) is 0.766. The van der Waals surface area contributed by atoms with Crippen LogP contribution in [0.25, 0.3) is 0 Å². The van der Waals surface area contributed by atoms with Gasteiger partial charge in [-0.25, -0.2) is 8.42 Å². The van der Waals surface area contributed by atoms with Gasteiger partial charge in [0.25, 0.3) is 0 Å². The second-order valence-corrected chi connectivity index (χ2v) is 8.68. The van der Waals surface area contributed by atoms with Crippen molar-refractivity contribution in [1.82, 2.24) is 4.31 Å². The molecule has 0 aromatic heterocycles. The molecule has 0 saturated carbocycles. The molecular weight excluding hydrogens is 350 g/mol. The van der Waals surface area contributed by atoms with Crippen molar-refractivity contribution >= 4 is 37.6 Å². The molecule has 1 saturated heterocycles. The molecule has 0 unspecified atom stereocenters. The van der Waals surface area contributed by atoms with Gasteiger partial charge in [-0.1, -0.05) is 19.9 Å². The number of sulfonamides is 1. The number of alkyl halides is 1. The number of benzene rings is 1. The summed E-state index contributed by atoms with van der Waals surface area (Å²) in [6.45, 7) is 5.32. The molecule has 0 N–H and O–H groups in total. The summed E-state index contributed by atoms with van der Waals surface area (Å²) in [5.41, 5.74) is 0.853. The van der Waals surface area contributed by atoms with Crippen molar-refractivity contribution in [1.29, 1.82) is 0 Å². The Balaban J connectivity index is 2.40. The van der Waals surface area contributed by atoms with Gasteiger partial charge < -0.3 is 0 Å². The summed E-state index contributed by atoms with van der Waals surface area (Å²) in [5.74, 6) is 0.307. The Morgan fingerprint density at radius 2 is 2.11 bits per heavy atom. The Labute approximate surface area is 128 Å². The lowest BCUT2D eigenvalue weighted by atomic mass is 9.93. The molecule has 3 nitrogen and oxygen atoms in total. The average molecular weight is 367 g/mol. The monoisotopic (exact) mass is 365 g/mol. The zero-order valence-electron chi connectivity index (χ0n) is 11.0. The van der Waals surface area contributed by atoms with Crippen LogP contribution in [0.4, 0.5) is 0 Å². The van der Waals surface area contributed by atoms with Crippen LogP contribution in [0.5, 0.6) is 0 Å². The minimum Gasteiger partial charge on any atom is -0.207 e. The van der Waals surface area contributed by atoms with Crippen LogP contribution >= 0.6 is 27.5 Å². The number of nitrogens with zero attached hydrogens (tertiary/aromatic N) is 1. The van der Waals surface area contributed by atoms with Crippen LogP contribution in [0.15, 0.2) is 27.6 Å². The molecule has 106 valence electrons. The van der Waals surface area contributed by atoms with Crippen LogP contribution in [0.3, 0.4) is 0 Å². The minimum absolute atomic E-state index is 0.0453. The third-order valence-corrected chi connectivity index (χ3v) is 6.56. The van der Waals surface area contributed by atoms with E-state index in [4.69, 9.17) is 11.6 Å². The third-order valence-electron chi connectivity index (χ3n) is 3.41. The highest BCUT2D eigenvalue weighted by Gasteiger charge is 2.37. The first kappa shape index (κ1) is 15.3. The van der Waals surface area contributed by atoms with Crippen LogP contribution in [0, 0.1) is 5.41 Å². The van der Waals surface area contributed by atoms with E-state index in [2.05, 4.69) is 29.8 Å². The van der Waals surface area contributed by atoms with Gasteiger partial charge in [-0.3, -0.25) is 0 Å². The van der Waals surface area contributed by atoms with Gasteiger partial charge >= 0.3 is 0 Å². The molecule has 0 atom stereocenters. The highest BCUT2D eigenvalue weighted by Crippen LogP contribution is 2.35. The first-order chi connectivity index (χ1) is 8.76. The van der Waals surface area contributed by atoms with Crippen molar-refractivity contribution in [2.45, 2.75) is 31.0 Å². The summed E-state index contributed by atoms with van der Waals surface area (Å²) in [7, 11) is -3.45. The van der Waals surface area contributed by atoms with E-state index in [-0.39, 0.29) is 5.41 Å². The maximum absolute atomic E-state index is 12.7. The molecule has 1 aliphatic rings. The van der Waals surface area contributed by atoms with Gasteiger partial charge in [0, 0.05) is 23.4 Å². The molecule has 1 aliphatic heterocycles. The molecule has 0 amide bonds. The molecule has 1 fully saturated rings. The van der Waals surface area contributed by atoms with E-state index in [1.54, 1.807) is 16.4 Å². The van der Waals surface area contributed by atoms with Crippen LogP contribution in [0.1, 0.15) is 25.8 Å². The molecule has 1 aromatic carbocycles. The normalized spacial score (nSPS) is 19.8. The van der Waals surface area contributed by atoms with Crippen molar-refractivity contribution in [3.8, 4) is 0 Å². The van der Waals surface area contributed by atoms with E-state index < -0.39 is 10.0 Å². The second kappa shape index (κ2) is 5.35. The Morgan fingerprint density at radius 3 is 2.63 bits per heavy atom. The van der Waals surface area contributed by atoms with Gasteiger partial charge in [0.2, 0.25) is 10.0 Å². The molecule has 6 heteroatoms. The molecule has 0 radical (unpaired) electrons. The summed E-state index contributed by atoms with van der Waals surface area (Å²) in [6.07, 6.45) is 0.888. The van der Waals surface area contributed by atoms with E-state index in [1.165, 1.54) is 0 Å². The lowest BCUT2D eigenvalue weighted by molar-refractivity contribution is 0.375. The van der Waals surface area contributed by atoms with Crippen molar-refractivity contribution in [3.63, 3.8) is 0 Å². The van der Waals surface area contributed by atoms with E-state index in [1.807, 2.05) is 6.07 Å². The lowest BCUT2D eigenvalue weighted by Gasteiger charge is -2.20. The third kappa shape index (κ3) is 3.15.